The summed E-state index contributed by atoms with van der Waals surface area (Å²) in [5.74, 6) is -0.155. The fourth-order valence-electron chi connectivity index (χ4n) is 3.06. The van der Waals surface area contributed by atoms with E-state index in [1.807, 2.05) is 0 Å². The molecule has 1 N–H and O–H groups in total. The van der Waals surface area contributed by atoms with Gasteiger partial charge in [-0.3, -0.25) is 0 Å². The predicted octanol–water partition coefficient (Wildman–Crippen LogP) is 3.33. The highest BCUT2D eigenvalue weighted by molar-refractivity contribution is 5.33. The summed E-state index contributed by atoms with van der Waals surface area (Å²) < 4.78 is 55.9. The van der Waals surface area contributed by atoms with Gasteiger partial charge in [0.1, 0.15) is 0 Å². The number of β-amino-alcohol motifs (C(OH)–C–C–N with tert-alkyl or cyclic N) is 1. The van der Waals surface area contributed by atoms with Crippen LogP contribution in [0.15, 0.2) is 18.2 Å². The van der Waals surface area contributed by atoms with E-state index in [0.29, 0.717) is 31.5 Å². The van der Waals surface area contributed by atoms with Crippen LogP contribution in [0, 0.1) is 5.82 Å². The van der Waals surface area contributed by atoms with Crippen LogP contribution in [0.2, 0.25) is 0 Å². The zero-order valence-corrected chi connectivity index (χ0v) is 12.9. The second-order valence-corrected chi connectivity index (χ2v) is 5.91. The maximum Gasteiger partial charge on any atom is 0.391 e. The molecule has 2 rings (SSSR count). The van der Waals surface area contributed by atoms with Crippen LogP contribution in [0.1, 0.15) is 30.7 Å². The molecule has 1 aliphatic heterocycles. The lowest BCUT2D eigenvalue weighted by molar-refractivity contribution is -0.155. The van der Waals surface area contributed by atoms with Crippen molar-refractivity contribution in [3.05, 3.63) is 29.6 Å². The first kappa shape index (κ1) is 18.0. The van der Waals surface area contributed by atoms with Crippen molar-refractivity contribution >= 4 is 0 Å². The van der Waals surface area contributed by atoms with E-state index >= 15 is 0 Å². The van der Waals surface area contributed by atoms with Crippen LogP contribution in [-0.4, -0.2) is 49.0 Å². The molecule has 1 aliphatic rings. The van der Waals surface area contributed by atoms with Gasteiger partial charge in [-0.25, -0.2) is 4.39 Å². The van der Waals surface area contributed by atoms with E-state index in [4.69, 9.17) is 4.74 Å². The molecule has 1 saturated heterocycles. The Labute approximate surface area is 132 Å². The molecule has 0 bridgehead atoms. The van der Waals surface area contributed by atoms with Crippen molar-refractivity contribution in [3.63, 3.8) is 0 Å². The standard InChI is InChI=1S/C16H21F4NO2/c1-23-14-4-2-3-13(15(14)17)11-5-7-21(8-6-11)10-12(22)9-16(18,19)20/h2-4,11-12,22H,5-10H2,1H3/t12-/m1/s1. The third-order valence-corrected chi connectivity index (χ3v) is 4.18. The quantitative estimate of drug-likeness (QED) is 0.838. The highest BCUT2D eigenvalue weighted by Crippen LogP contribution is 2.33. The van der Waals surface area contributed by atoms with Gasteiger partial charge in [0.15, 0.2) is 11.6 Å². The number of nitrogens with zero attached hydrogens (tertiary/aromatic N) is 1. The Morgan fingerprint density at radius 1 is 1.30 bits per heavy atom. The van der Waals surface area contributed by atoms with Crippen molar-refractivity contribution in [1.82, 2.24) is 4.90 Å². The van der Waals surface area contributed by atoms with E-state index in [1.165, 1.54) is 7.11 Å². The monoisotopic (exact) mass is 335 g/mol. The van der Waals surface area contributed by atoms with Gasteiger partial charge in [-0.1, -0.05) is 12.1 Å². The van der Waals surface area contributed by atoms with Gasteiger partial charge in [-0.05, 0) is 43.5 Å². The molecule has 3 nitrogen and oxygen atoms in total. The van der Waals surface area contributed by atoms with E-state index in [0.717, 1.165) is 0 Å². The van der Waals surface area contributed by atoms with Crippen molar-refractivity contribution < 1.29 is 27.4 Å². The molecular formula is C16H21F4NO2. The van der Waals surface area contributed by atoms with Crippen molar-refractivity contribution in [3.8, 4) is 5.75 Å². The molecule has 0 saturated carbocycles. The molecule has 0 radical (unpaired) electrons. The summed E-state index contributed by atoms with van der Waals surface area (Å²) in [6.07, 6.45) is -5.69. The largest absolute Gasteiger partial charge is 0.494 e. The van der Waals surface area contributed by atoms with Crippen LogP contribution < -0.4 is 4.74 Å². The number of halogens is 4. The molecule has 7 heteroatoms. The molecular weight excluding hydrogens is 314 g/mol. The summed E-state index contributed by atoms with van der Waals surface area (Å²) >= 11 is 0. The van der Waals surface area contributed by atoms with Gasteiger partial charge in [0.25, 0.3) is 0 Å². The molecule has 1 atom stereocenters. The maximum atomic E-state index is 14.2. The van der Waals surface area contributed by atoms with Crippen molar-refractivity contribution in [2.75, 3.05) is 26.7 Å². The first-order valence-electron chi connectivity index (χ1n) is 7.59. The van der Waals surface area contributed by atoms with E-state index < -0.39 is 18.7 Å². The number of benzene rings is 1. The maximum absolute atomic E-state index is 14.2. The SMILES string of the molecule is COc1cccc(C2CCN(C[C@H](O)CC(F)(F)F)CC2)c1F. The Hall–Kier alpha value is -1.34. The highest BCUT2D eigenvalue weighted by Gasteiger charge is 2.32. The first-order chi connectivity index (χ1) is 10.8. The minimum absolute atomic E-state index is 0.00712. The molecule has 23 heavy (non-hydrogen) atoms. The van der Waals surface area contributed by atoms with Gasteiger partial charge in [-0.15, -0.1) is 0 Å². The lowest BCUT2D eigenvalue weighted by Crippen LogP contribution is -2.39. The van der Waals surface area contributed by atoms with Crippen molar-refractivity contribution in [1.29, 1.82) is 0 Å². The predicted molar refractivity (Wildman–Crippen MR) is 78.0 cm³/mol. The Bertz CT molecular complexity index is 513. The molecule has 1 fully saturated rings. The smallest absolute Gasteiger partial charge is 0.391 e. The molecule has 0 aromatic heterocycles. The van der Waals surface area contributed by atoms with Crippen LogP contribution in [0.5, 0.6) is 5.75 Å². The van der Waals surface area contributed by atoms with E-state index in [2.05, 4.69) is 0 Å². The van der Waals surface area contributed by atoms with E-state index in [1.54, 1.807) is 23.1 Å². The minimum atomic E-state index is -4.36. The fourth-order valence-corrected chi connectivity index (χ4v) is 3.06. The normalized spacial score (nSPS) is 18.9. The zero-order chi connectivity index (χ0) is 17.0. The zero-order valence-electron chi connectivity index (χ0n) is 12.9. The summed E-state index contributed by atoms with van der Waals surface area (Å²) in [5.41, 5.74) is 0.583. The molecule has 0 amide bonds. The molecule has 130 valence electrons. The summed E-state index contributed by atoms with van der Waals surface area (Å²) in [5, 5.41) is 9.49. The lowest BCUT2D eigenvalue weighted by atomic mass is 9.88. The number of ether oxygens (including phenoxy) is 1. The van der Waals surface area contributed by atoms with Crippen molar-refractivity contribution in [2.45, 2.75) is 37.5 Å². The second-order valence-electron chi connectivity index (χ2n) is 5.91. The number of aliphatic hydroxyl groups is 1. The lowest BCUT2D eigenvalue weighted by Gasteiger charge is -2.33. The number of likely N-dealkylation sites (tertiary alicyclic amines) is 1. The number of methoxy groups -OCH3 is 1. The Morgan fingerprint density at radius 3 is 2.52 bits per heavy atom. The average Bonchev–Trinajstić information content (AvgIpc) is 2.46. The molecule has 1 aromatic carbocycles. The van der Waals surface area contributed by atoms with Gasteiger partial charge >= 0.3 is 6.18 Å². The van der Waals surface area contributed by atoms with Crippen LogP contribution in [0.25, 0.3) is 0 Å². The van der Waals surface area contributed by atoms with Crippen LogP contribution in [0.4, 0.5) is 17.6 Å². The van der Waals surface area contributed by atoms with Gasteiger partial charge in [0, 0.05) is 6.54 Å². The number of piperidine rings is 1. The minimum Gasteiger partial charge on any atom is -0.494 e. The topological polar surface area (TPSA) is 32.7 Å². The van der Waals surface area contributed by atoms with Crippen LogP contribution in [-0.2, 0) is 0 Å². The molecule has 1 heterocycles. The molecule has 1 aromatic rings. The molecule has 0 spiro atoms. The first-order valence-corrected chi connectivity index (χ1v) is 7.59. The fraction of sp³-hybridized carbons (Fsp3) is 0.625. The summed E-state index contributed by atoms with van der Waals surface area (Å²) in [6, 6.07) is 5.01. The van der Waals surface area contributed by atoms with Gasteiger partial charge < -0.3 is 14.7 Å². The number of alkyl halides is 3. The summed E-state index contributed by atoms with van der Waals surface area (Å²) in [4.78, 5) is 1.80. The van der Waals surface area contributed by atoms with Crippen LogP contribution in [0.3, 0.4) is 0 Å². The van der Waals surface area contributed by atoms with Gasteiger partial charge in [0.2, 0.25) is 0 Å². The van der Waals surface area contributed by atoms with Crippen molar-refractivity contribution in [2.24, 2.45) is 0 Å². The molecule has 0 aliphatic carbocycles. The van der Waals surface area contributed by atoms with Gasteiger partial charge in [0.05, 0.1) is 19.6 Å². The average molecular weight is 335 g/mol. The van der Waals surface area contributed by atoms with E-state index in [-0.39, 0.29) is 24.0 Å². The number of hydrogen-bond donors (Lipinski definition) is 1. The highest BCUT2D eigenvalue weighted by atomic mass is 19.4. The Morgan fingerprint density at radius 2 is 1.96 bits per heavy atom. The summed E-state index contributed by atoms with van der Waals surface area (Å²) in [7, 11) is 1.41. The van der Waals surface area contributed by atoms with Gasteiger partial charge in [-0.2, -0.15) is 13.2 Å². The number of aliphatic hydroxyl groups excluding tert-OH is 1. The number of hydrogen-bond acceptors (Lipinski definition) is 3. The molecule has 0 unspecified atom stereocenters. The Balaban J connectivity index is 1.89. The summed E-state index contributed by atoms with van der Waals surface area (Å²) in [6.45, 7) is 1.07. The number of rotatable bonds is 5. The third-order valence-electron chi connectivity index (χ3n) is 4.18. The third kappa shape index (κ3) is 5.07. The van der Waals surface area contributed by atoms with E-state index in [9.17, 15) is 22.7 Å². The van der Waals surface area contributed by atoms with Crippen LogP contribution >= 0.6 is 0 Å². The Kier molecular flexibility index (Phi) is 5.86. The second kappa shape index (κ2) is 7.49.